The van der Waals surface area contributed by atoms with Crippen LogP contribution in [0.25, 0.3) is 0 Å². The van der Waals surface area contributed by atoms with E-state index in [-0.39, 0.29) is 17.8 Å². The Balaban J connectivity index is 1.83. The maximum absolute atomic E-state index is 11.8. The second kappa shape index (κ2) is 5.16. The van der Waals surface area contributed by atoms with Gasteiger partial charge in [0.2, 0.25) is 10.0 Å². The first-order valence-corrected chi connectivity index (χ1v) is 7.40. The molecule has 4 nitrogen and oxygen atoms in total. The van der Waals surface area contributed by atoms with Crippen LogP contribution in [0.1, 0.15) is 18.4 Å². The topological polar surface area (TPSA) is 66.4 Å². The molecule has 2 N–H and O–H groups in total. The standard InChI is InChI=1S/C12H17NO3S/c14-12-6-11(7-12)8-13-17(15,16)9-10-4-2-1-3-5-10/h1-5,11-14H,6-9H2. The molecular formula is C12H17NO3S. The van der Waals surface area contributed by atoms with Crippen LogP contribution in [-0.4, -0.2) is 26.2 Å². The number of benzene rings is 1. The Morgan fingerprint density at radius 2 is 1.88 bits per heavy atom. The Kier molecular flexibility index (Phi) is 3.81. The highest BCUT2D eigenvalue weighted by Gasteiger charge is 2.28. The van der Waals surface area contributed by atoms with Crippen molar-refractivity contribution in [2.45, 2.75) is 24.7 Å². The van der Waals surface area contributed by atoms with Gasteiger partial charge in [-0.1, -0.05) is 30.3 Å². The maximum Gasteiger partial charge on any atom is 0.215 e. The third-order valence-corrected chi connectivity index (χ3v) is 4.32. The molecule has 0 radical (unpaired) electrons. The Bertz CT molecular complexity index is 452. The molecule has 0 unspecified atom stereocenters. The quantitative estimate of drug-likeness (QED) is 0.820. The first kappa shape index (κ1) is 12.5. The molecule has 1 saturated carbocycles. The van der Waals surface area contributed by atoms with Crippen LogP contribution in [0.15, 0.2) is 30.3 Å². The van der Waals surface area contributed by atoms with E-state index in [2.05, 4.69) is 4.72 Å². The lowest BCUT2D eigenvalue weighted by atomic mass is 9.83. The van der Waals surface area contributed by atoms with E-state index in [1.807, 2.05) is 18.2 Å². The number of hydrogen-bond donors (Lipinski definition) is 2. The molecule has 0 heterocycles. The van der Waals surface area contributed by atoms with Crippen molar-refractivity contribution in [3.05, 3.63) is 35.9 Å². The minimum atomic E-state index is -3.26. The minimum absolute atomic E-state index is 0.0170. The number of rotatable bonds is 5. The fraction of sp³-hybridized carbons (Fsp3) is 0.500. The van der Waals surface area contributed by atoms with Crippen LogP contribution < -0.4 is 4.72 Å². The van der Waals surface area contributed by atoms with Crippen molar-refractivity contribution >= 4 is 10.0 Å². The molecule has 0 spiro atoms. The van der Waals surface area contributed by atoms with Gasteiger partial charge >= 0.3 is 0 Å². The molecule has 0 amide bonds. The van der Waals surface area contributed by atoms with E-state index in [0.29, 0.717) is 19.4 Å². The fourth-order valence-electron chi connectivity index (χ4n) is 1.96. The predicted octanol–water partition coefficient (Wildman–Crippen LogP) is 0.877. The van der Waals surface area contributed by atoms with Gasteiger partial charge in [0.1, 0.15) is 0 Å². The average molecular weight is 255 g/mol. The summed E-state index contributed by atoms with van der Waals surface area (Å²) >= 11 is 0. The predicted molar refractivity (Wildman–Crippen MR) is 65.8 cm³/mol. The zero-order valence-corrected chi connectivity index (χ0v) is 10.4. The summed E-state index contributed by atoms with van der Waals surface area (Å²) in [6.07, 6.45) is 1.17. The van der Waals surface area contributed by atoms with E-state index in [1.54, 1.807) is 12.1 Å². The molecule has 0 aliphatic heterocycles. The number of hydrogen-bond acceptors (Lipinski definition) is 3. The van der Waals surface area contributed by atoms with Gasteiger partial charge in [0.25, 0.3) is 0 Å². The third kappa shape index (κ3) is 3.80. The van der Waals surface area contributed by atoms with Gasteiger partial charge in [0.05, 0.1) is 11.9 Å². The summed E-state index contributed by atoms with van der Waals surface area (Å²) in [5, 5.41) is 9.11. The van der Waals surface area contributed by atoms with Crippen LogP contribution in [0, 0.1) is 5.92 Å². The van der Waals surface area contributed by atoms with E-state index >= 15 is 0 Å². The van der Waals surface area contributed by atoms with Crippen molar-refractivity contribution in [2.75, 3.05) is 6.54 Å². The number of nitrogens with one attached hydrogen (secondary N) is 1. The SMILES string of the molecule is O=S(=O)(Cc1ccccc1)NCC1CC(O)C1. The van der Waals surface area contributed by atoms with Gasteiger partial charge < -0.3 is 5.11 Å². The summed E-state index contributed by atoms with van der Waals surface area (Å²) in [6, 6.07) is 9.11. The van der Waals surface area contributed by atoms with Crippen LogP contribution in [-0.2, 0) is 15.8 Å². The Labute approximate surface area is 102 Å². The number of aliphatic hydroxyl groups excluding tert-OH is 1. The number of sulfonamides is 1. The summed E-state index contributed by atoms with van der Waals surface area (Å²) in [5.74, 6) is 0.305. The smallest absolute Gasteiger partial charge is 0.215 e. The van der Waals surface area contributed by atoms with Crippen LogP contribution in [0.5, 0.6) is 0 Å². The second-order valence-corrected chi connectivity index (χ2v) is 6.39. The second-order valence-electron chi connectivity index (χ2n) is 4.58. The first-order valence-electron chi connectivity index (χ1n) is 5.74. The normalized spacial score (nSPS) is 24.3. The molecule has 1 aliphatic carbocycles. The molecular weight excluding hydrogens is 238 g/mol. The number of aliphatic hydroxyl groups is 1. The summed E-state index contributed by atoms with van der Waals surface area (Å²) in [5.41, 5.74) is 0.786. The van der Waals surface area contributed by atoms with E-state index in [1.165, 1.54) is 0 Å². The summed E-state index contributed by atoms with van der Waals surface area (Å²) in [7, 11) is -3.26. The van der Waals surface area contributed by atoms with E-state index in [9.17, 15) is 8.42 Å². The van der Waals surface area contributed by atoms with E-state index < -0.39 is 10.0 Å². The lowest BCUT2D eigenvalue weighted by molar-refractivity contribution is 0.0453. The molecule has 1 aromatic rings. The lowest BCUT2D eigenvalue weighted by Crippen LogP contribution is -2.38. The summed E-state index contributed by atoms with van der Waals surface area (Å²) in [4.78, 5) is 0. The molecule has 2 rings (SSSR count). The average Bonchev–Trinajstić information content (AvgIpc) is 2.24. The van der Waals surface area contributed by atoms with Crippen molar-refractivity contribution < 1.29 is 13.5 Å². The van der Waals surface area contributed by atoms with Gasteiger partial charge in [-0.05, 0) is 24.3 Å². The zero-order valence-electron chi connectivity index (χ0n) is 9.54. The highest BCUT2D eigenvalue weighted by molar-refractivity contribution is 7.88. The van der Waals surface area contributed by atoms with Gasteiger partial charge in [-0.25, -0.2) is 13.1 Å². The fourth-order valence-corrected chi connectivity index (χ4v) is 3.18. The van der Waals surface area contributed by atoms with Crippen molar-refractivity contribution in [1.29, 1.82) is 0 Å². The minimum Gasteiger partial charge on any atom is -0.393 e. The van der Waals surface area contributed by atoms with Gasteiger partial charge in [-0.2, -0.15) is 0 Å². The van der Waals surface area contributed by atoms with Gasteiger partial charge in [-0.3, -0.25) is 0 Å². The first-order chi connectivity index (χ1) is 8.05. The van der Waals surface area contributed by atoms with Gasteiger partial charge in [0, 0.05) is 6.54 Å². The molecule has 5 heteroatoms. The van der Waals surface area contributed by atoms with Crippen molar-refractivity contribution in [2.24, 2.45) is 5.92 Å². The van der Waals surface area contributed by atoms with E-state index in [4.69, 9.17) is 5.11 Å². The monoisotopic (exact) mass is 255 g/mol. The van der Waals surface area contributed by atoms with Gasteiger partial charge in [0.15, 0.2) is 0 Å². The van der Waals surface area contributed by atoms with E-state index in [0.717, 1.165) is 5.56 Å². The molecule has 1 aliphatic rings. The molecule has 0 bridgehead atoms. The van der Waals surface area contributed by atoms with Crippen molar-refractivity contribution in [3.63, 3.8) is 0 Å². The molecule has 1 aromatic carbocycles. The zero-order chi connectivity index (χ0) is 12.3. The molecule has 0 atom stereocenters. The van der Waals surface area contributed by atoms with Crippen LogP contribution in [0.4, 0.5) is 0 Å². The third-order valence-electron chi connectivity index (χ3n) is 3.00. The summed E-state index contributed by atoms with van der Waals surface area (Å²) in [6.45, 7) is 0.437. The largest absolute Gasteiger partial charge is 0.393 e. The van der Waals surface area contributed by atoms with Crippen LogP contribution in [0.2, 0.25) is 0 Å². The molecule has 1 fully saturated rings. The molecule has 0 saturated heterocycles. The highest BCUT2D eigenvalue weighted by Crippen LogP contribution is 2.26. The summed E-state index contributed by atoms with van der Waals surface area (Å²) < 4.78 is 26.1. The Morgan fingerprint density at radius 1 is 1.24 bits per heavy atom. The Morgan fingerprint density at radius 3 is 2.47 bits per heavy atom. The highest BCUT2D eigenvalue weighted by atomic mass is 32.2. The molecule has 94 valence electrons. The maximum atomic E-state index is 11.8. The van der Waals surface area contributed by atoms with Crippen molar-refractivity contribution in [1.82, 2.24) is 4.72 Å². The van der Waals surface area contributed by atoms with Crippen molar-refractivity contribution in [3.8, 4) is 0 Å². The molecule has 17 heavy (non-hydrogen) atoms. The van der Waals surface area contributed by atoms with Crippen LogP contribution >= 0.6 is 0 Å². The van der Waals surface area contributed by atoms with Crippen LogP contribution in [0.3, 0.4) is 0 Å². The Hall–Kier alpha value is -0.910. The van der Waals surface area contributed by atoms with Gasteiger partial charge in [-0.15, -0.1) is 0 Å². The lowest BCUT2D eigenvalue weighted by Gasteiger charge is -2.31. The molecule has 0 aromatic heterocycles.